The van der Waals surface area contributed by atoms with Crippen molar-refractivity contribution in [1.82, 2.24) is 9.80 Å². The molecular weight excluding hydrogens is 424 g/mol. The van der Waals surface area contributed by atoms with Crippen molar-refractivity contribution in [2.24, 2.45) is 0 Å². The van der Waals surface area contributed by atoms with E-state index < -0.39 is 17.9 Å². The number of hydrogen-bond acceptors (Lipinski definition) is 3. The maximum absolute atomic E-state index is 14.0. The highest BCUT2D eigenvalue weighted by Crippen LogP contribution is 2.35. The van der Waals surface area contributed by atoms with Gasteiger partial charge in [0, 0.05) is 19.1 Å². The molecule has 3 unspecified atom stereocenters. The van der Waals surface area contributed by atoms with Gasteiger partial charge in [-0.1, -0.05) is 91.0 Å². The zero-order chi connectivity index (χ0) is 23.5. The summed E-state index contributed by atoms with van der Waals surface area (Å²) in [6.07, 6.45) is 1.53. The summed E-state index contributed by atoms with van der Waals surface area (Å²) < 4.78 is 0. The number of aliphatic carboxylic acids is 1. The summed E-state index contributed by atoms with van der Waals surface area (Å²) in [5, 5.41) is 10.0. The quantitative estimate of drug-likeness (QED) is 0.601. The van der Waals surface area contributed by atoms with E-state index in [1.54, 1.807) is 4.90 Å². The van der Waals surface area contributed by atoms with Crippen molar-refractivity contribution in [2.45, 2.75) is 36.8 Å². The molecule has 3 aromatic rings. The van der Waals surface area contributed by atoms with Gasteiger partial charge < -0.3 is 10.0 Å². The van der Waals surface area contributed by atoms with Gasteiger partial charge in [0.2, 0.25) is 5.91 Å². The number of benzene rings is 3. The number of carbonyl (C=O) groups excluding carboxylic acids is 1. The maximum Gasteiger partial charge on any atom is 0.326 e. The van der Waals surface area contributed by atoms with E-state index in [1.165, 1.54) is 5.56 Å². The molecule has 174 valence electrons. The summed E-state index contributed by atoms with van der Waals surface area (Å²) in [5.74, 6) is -1.12. The predicted octanol–water partition coefficient (Wildman–Crippen LogP) is 4.36. The minimum atomic E-state index is -0.922. The molecule has 2 aliphatic rings. The summed E-state index contributed by atoms with van der Waals surface area (Å²) in [6, 6.07) is 29.1. The van der Waals surface area contributed by atoms with Gasteiger partial charge in [0.1, 0.15) is 6.04 Å². The Kier molecular flexibility index (Phi) is 6.45. The zero-order valence-electron chi connectivity index (χ0n) is 19.2. The Hall–Kier alpha value is -3.44. The van der Waals surface area contributed by atoms with E-state index in [4.69, 9.17) is 0 Å². The minimum absolute atomic E-state index is 0.0611. The molecule has 2 fully saturated rings. The van der Waals surface area contributed by atoms with E-state index in [0.717, 1.165) is 30.6 Å². The van der Waals surface area contributed by atoms with Crippen molar-refractivity contribution in [2.75, 3.05) is 19.6 Å². The molecule has 34 heavy (non-hydrogen) atoms. The first-order chi connectivity index (χ1) is 16.6. The Morgan fingerprint density at radius 1 is 0.794 bits per heavy atom. The van der Waals surface area contributed by atoms with E-state index >= 15 is 0 Å². The Bertz CT molecular complexity index is 1080. The SMILES string of the molecule is O=C(O)C1CC(N2CCC(c3ccccc3)C2)CN1C(=O)C(c1ccccc1)c1ccccc1. The van der Waals surface area contributed by atoms with Crippen LogP contribution in [-0.2, 0) is 9.59 Å². The third-order valence-corrected chi connectivity index (χ3v) is 7.37. The van der Waals surface area contributed by atoms with Crippen molar-refractivity contribution >= 4 is 11.9 Å². The molecule has 2 aliphatic heterocycles. The van der Waals surface area contributed by atoms with Gasteiger partial charge in [0.05, 0.1) is 5.92 Å². The van der Waals surface area contributed by atoms with Gasteiger partial charge in [-0.3, -0.25) is 9.69 Å². The molecule has 3 atom stereocenters. The molecule has 0 radical (unpaired) electrons. The van der Waals surface area contributed by atoms with Crippen molar-refractivity contribution in [3.63, 3.8) is 0 Å². The number of carboxylic acid groups (broad SMARTS) is 1. The third-order valence-electron chi connectivity index (χ3n) is 7.37. The van der Waals surface area contributed by atoms with E-state index in [-0.39, 0.29) is 11.9 Å². The highest BCUT2D eigenvalue weighted by atomic mass is 16.4. The molecule has 1 amide bonds. The van der Waals surface area contributed by atoms with Gasteiger partial charge in [0.25, 0.3) is 0 Å². The largest absolute Gasteiger partial charge is 0.480 e. The van der Waals surface area contributed by atoms with Crippen LogP contribution in [0.25, 0.3) is 0 Å². The Morgan fingerprint density at radius 2 is 1.35 bits per heavy atom. The number of likely N-dealkylation sites (tertiary alicyclic amines) is 2. The molecule has 0 aromatic heterocycles. The van der Waals surface area contributed by atoms with Crippen molar-refractivity contribution in [3.8, 4) is 0 Å². The van der Waals surface area contributed by atoms with Gasteiger partial charge in [0.15, 0.2) is 0 Å². The lowest BCUT2D eigenvalue weighted by Crippen LogP contribution is -2.44. The average Bonchev–Trinajstić information content (AvgIpc) is 3.54. The normalized spacial score (nSPS) is 22.9. The smallest absolute Gasteiger partial charge is 0.326 e. The van der Waals surface area contributed by atoms with Crippen LogP contribution in [0.4, 0.5) is 0 Å². The number of carboxylic acids is 1. The Labute approximate surface area is 200 Å². The molecule has 0 aliphatic carbocycles. The molecule has 1 N–H and O–H groups in total. The van der Waals surface area contributed by atoms with Gasteiger partial charge in [-0.25, -0.2) is 4.79 Å². The maximum atomic E-state index is 14.0. The second-order valence-corrected chi connectivity index (χ2v) is 9.38. The summed E-state index contributed by atoms with van der Waals surface area (Å²) >= 11 is 0. The molecule has 5 rings (SSSR count). The molecule has 0 saturated carbocycles. The van der Waals surface area contributed by atoms with E-state index in [0.29, 0.717) is 18.9 Å². The standard InChI is InChI=1S/C29H30N2O3/c32-28(27(22-12-6-2-7-13-22)23-14-8-3-9-15-23)31-20-25(18-26(31)29(33)34)30-17-16-24(19-30)21-10-4-1-5-11-21/h1-15,24-27H,16-20H2,(H,33,34). The van der Waals surface area contributed by atoms with Gasteiger partial charge >= 0.3 is 5.97 Å². The summed E-state index contributed by atoms with van der Waals surface area (Å²) in [6.45, 7) is 2.29. The molecule has 2 saturated heterocycles. The number of carbonyl (C=O) groups is 2. The fourth-order valence-corrected chi connectivity index (χ4v) is 5.61. The first-order valence-corrected chi connectivity index (χ1v) is 12.0. The minimum Gasteiger partial charge on any atom is -0.480 e. The van der Waals surface area contributed by atoms with Gasteiger partial charge in [-0.2, -0.15) is 0 Å². The van der Waals surface area contributed by atoms with E-state index in [1.807, 2.05) is 66.7 Å². The lowest BCUT2D eigenvalue weighted by atomic mass is 9.90. The van der Waals surface area contributed by atoms with Crippen molar-refractivity contribution in [3.05, 3.63) is 108 Å². The van der Waals surface area contributed by atoms with Crippen LogP contribution >= 0.6 is 0 Å². The monoisotopic (exact) mass is 454 g/mol. The van der Waals surface area contributed by atoms with E-state index in [2.05, 4.69) is 29.2 Å². The number of hydrogen-bond donors (Lipinski definition) is 1. The molecule has 2 heterocycles. The highest BCUT2D eigenvalue weighted by molar-refractivity contribution is 5.91. The van der Waals surface area contributed by atoms with Crippen LogP contribution in [0, 0.1) is 0 Å². The lowest BCUT2D eigenvalue weighted by molar-refractivity contribution is -0.148. The Balaban J connectivity index is 1.38. The topological polar surface area (TPSA) is 60.9 Å². The third kappa shape index (κ3) is 4.48. The van der Waals surface area contributed by atoms with Crippen LogP contribution in [0.1, 0.15) is 41.4 Å². The molecule has 5 heteroatoms. The van der Waals surface area contributed by atoms with Crippen LogP contribution in [-0.4, -0.2) is 58.5 Å². The van der Waals surface area contributed by atoms with Gasteiger partial charge in [-0.05, 0) is 42.0 Å². The van der Waals surface area contributed by atoms with Crippen LogP contribution in [0.5, 0.6) is 0 Å². The molecule has 3 aromatic carbocycles. The highest BCUT2D eigenvalue weighted by Gasteiger charge is 2.45. The molecular formula is C29H30N2O3. The summed E-state index contributed by atoms with van der Waals surface area (Å²) in [7, 11) is 0. The number of rotatable bonds is 6. The van der Waals surface area contributed by atoms with Crippen molar-refractivity contribution in [1.29, 1.82) is 0 Å². The van der Waals surface area contributed by atoms with Crippen LogP contribution < -0.4 is 0 Å². The average molecular weight is 455 g/mol. The number of amides is 1. The first kappa shape index (κ1) is 22.4. The second-order valence-electron chi connectivity index (χ2n) is 9.38. The van der Waals surface area contributed by atoms with Crippen molar-refractivity contribution < 1.29 is 14.7 Å². The summed E-state index contributed by atoms with van der Waals surface area (Å²) in [5.41, 5.74) is 3.10. The Morgan fingerprint density at radius 3 is 1.91 bits per heavy atom. The molecule has 0 spiro atoms. The lowest BCUT2D eigenvalue weighted by Gasteiger charge is -2.28. The summed E-state index contributed by atoms with van der Waals surface area (Å²) in [4.78, 5) is 30.2. The fraction of sp³-hybridized carbons (Fsp3) is 0.310. The second kappa shape index (κ2) is 9.82. The molecule has 5 nitrogen and oxygen atoms in total. The first-order valence-electron chi connectivity index (χ1n) is 12.0. The van der Waals surface area contributed by atoms with Gasteiger partial charge in [-0.15, -0.1) is 0 Å². The van der Waals surface area contributed by atoms with E-state index in [9.17, 15) is 14.7 Å². The van der Waals surface area contributed by atoms with Crippen LogP contribution in [0.3, 0.4) is 0 Å². The fourth-order valence-electron chi connectivity index (χ4n) is 5.61. The predicted molar refractivity (Wildman–Crippen MR) is 132 cm³/mol. The molecule has 0 bridgehead atoms. The number of nitrogens with zero attached hydrogens (tertiary/aromatic N) is 2. The zero-order valence-corrected chi connectivity index (χ0v) is 19.2. The van der Waals surface area contributed by atoms with Crippen LogP contribution in [0.15, 0.2) is 91.0 Å². The van der Waals surface area contributed by atoms with Crippen LogP contribution in [0.2, 0.25) is 0 Å².